The van der Waals surface area contributed by atoms with Crippen LogP contribution in [-0.4, -0.2) is 28.9 Å². The van der Waals surface area contributed by atoms with Crippen molar-refractivity contribution in [1.82, 2.24) is 9.88 Å². The van der Waals surface area contributed by atoms with Gasteiger partial charge >= 0.3 is 12.4 Å². The van der Waals surface area contributed by atoms with Crippen molar-refractivity contribution < 1.29 is 35.9 Å². The molecule has 0 aliphatic carbocycles. The summed E-state index contributed by atoms with van der Waals surface area (Å²) in [5, 5.41) is 0. The maximum atomic E-state index is 13.6. The molecule has 35 heavy (non-hydrogen) atoms. The number of carbonyl (C=O) groups is 1. The minimum Gasteiger partial charge on any atom is -0.477 e. The molecule has 10 heteroatoms. The lowest BCUT2D eigenvalue weighted by Crippen LogP contribution is -2.35. The van der Waals surface area contributed by atoms with Crippen molar-refractivity contribution in [3.8, 4) is 17.0 Å². The number of amides is 1. The predicted molar refractivity (Wildman–Crippen MR) is 116 cm³/mol. The average molecular weight is 494 g/mol. The SMILES string of the molecule is Cc1ccccc1-c1ccnc2c1C(=O)N(Cc1cc(C(F)(F)F)cc(C(F)(F)F)c1)CCCO2. The number of benzene rings is 2. The molecule has 0 N–H and O–H groups in total. The van der Waals surface area contributed by atoms with Gasteiger partial charge in [-0.25, -0.2) is 4.98 Å². The first-order chi connectivity index (χ1) is 16.4. The molecule has 0 fully saturated rings. The highest BCUT2D eigenvalue weighted by Gasteiger charge is 2.37. The fraction of sp³-hybridized carbons (Fsp3) is 0.280. The quantitative estimate of drug-likeness (QED) is 0.390. The molecular weight excluding hydrogens is 474 g/mol. The second-order valence-corrected chi connectivity index (χ2v) is 8.20. The van der Waals surface area contributed by atoms with Gasteiger partial charge in [0.05, 0.1) is 17.7 Å². The van der Waals surface area contributed by atoms with E-state index in [1.165, 1.54) is 11.1 Å². The number of halogens is 6. The lowest BCUT2D eigenvalue weighted by atomic mass is 9.96. The van der Waals surface area contributed by atoms with E-state index < -0.39 is 35.9 Å². The second-order valence-electron chi connectivity index (χ2n) is 8.20. The zero-order valence-electron chi connectivity index (χ0n) is 18.5. The van der Waals surface area contributed by atoms with Crippen LogP contribution in [0.2, 0.25) is 0 Å². The number of aromatic nitrogens is 1. The Bertz CT molecular complexity index is 1220. The Morgan fingerprint density at radius 3 is 2.23 bits per heavy atom. The molecular formula is C25H20F6N2O2. The molecule has 1 aromatic heterocycles. The minimum absolute atomic E-state index is 0.0699. The standard InChI is InChI=1S/C25H20F6N2O2/c1-15-5-2-3-6-19(15)20-7-8-32-22-21(20)23(34)33(9-4-10-35-22)14-16-11-17(24(26,27)28)13-18(12-16)25(29,30)31/h2-3,5-8,11-13H,4,9-10,14H2,1H3. The van der Waals surface area contributed by atoms with E-state index >= 15 is 0 Å². The van der Waals surface area contributed by atoms with Crippen molar-refractivity contribution in [1.29, 1.82) is 0 Å². The molecule has 4 rings (SSSR count). The Morgan fingerprint density at radius 1 is 0.943 bits per heavy atom. The van der Waals surface area contributed by atoms with Gasteiger partial charge in [0.25, 0.3) is 5.91 Å². The van der Waals surface area contributed by atoms with Crippen molar-refractivity contribution in [3.05, 3.63) is 82.5 Å². The summed E-state index contributed by atoms with van der Waals surface area (Å²) in [5.74, 6) is -0.516. The molecule has 1 amide bonds. The van der Waals surface area contributed by atoms with Gasteiger partial charge in [-0.15, -0.1) is 0 Å². The first-order valence-corrected chi connectivity index (χ1v) is 10.7. The molecule has 2 aromatic carbocycles. The summed E-state index contributed by atoms with van der Waals surface area (Å²) in [7, 11) is 0. The number of pyridine rings is 1. The summed E-state index contributed by atoms with van der Waals surface area (Å²) in [6, 6.07) is 10.3. The summed E-state index contributed by atoms with van der Waals surface area (Å²) in [6.07, 6.45) is -8.13. The van der Waals surface area contributed by atoms with Crippen LogP contribution in [0.15, 0.2) is 54.7 Å². The van der Waals surface area contributed by atoms with Crippen LogP contribution in [0.4, 0.5) is 26.3 Å². The van der Waals surface area contributed by atoms with Gasteiger partial charge in [-0.1, -0.05) is 24.3 Å². The Hall–Kier alpha value is -3.56. The van der Waals surface area contributed by atoms with E-state index in [9.17, 15) is 31.1 Å². The predicted octanol–water partition coefficient (Wildman–Crippen LogP) is 6.52. The van der Waals surface area contributed by atoms with Crippen LogP contribution in [0.5, 0.6) is 5.88 Å². The van der Waals surface area contributed by atoms with Gasteiger partial charge < -0.3 is 9.64 Å². The van der Waals surface area contributed by atoms with Gasteiger partial charge in [0, 0.05) is 24.8 Å². The van der Waals surface area contributed by atoms with Gasteiger partial charge in [0.2, 0.25) is 5.88 Å². The zero-order chi connectivity index (χ0) is 25.4. The number of ether oxygens (including phenoxy) is 1. The topological polar surface area (TPSA) is 42.4 Å². The highest BCUT2D eigenvalue weighted by molar-refractivity contribution is 6.03. The van der Waals surface area contributed by atoms with Crippen LogP contribution in [0.25, 0.3) is 11.1 Å². The summed E-state index contributed by atoms with van der Waals surface area (Å²) in [6.45, 7) is 1.68. The number of hydrogen-bond acceptors (Lipinski definition) is 3. The number of carbonyl (C=O) groups excluding carboxylic acids is 1. The van der Waals surface area contributed by atoms with Gasteiger partial charge in [0.15, 0.2) is 0 Å². The Kier molecular flexibility index (Phi) is 6.48. The van der Waals surface area contributed by atoms with E-state index in [-0.39, 0.29) is 36.2 Å². The van der Waals surface area contributed by atoms with Crippen LogP contribution in [0.3, 0.4) is 0 Å². The largest absolute Gasteiger partial charge is 0.477 e. The normalized spacial score (nSPS) is 14.7. The first-order valence-electron chi connectivity index (χ1n) is 10.7. The van der Waals surface area contributed by atoms with Crippen molar-refractivity contribution in [2.45, 2.75) is 32.2 Å². The molecule has 0 saturated carbocycles. The number of aryl methyl sites for hydroxylation is 1. The molecule has 2 heterocycles. The zero-order valence-corrected chi connectivity index (χ0v) is 18.5. The maximum Gasteiger partial charge on any atom is 0.416 e. The van der Waals surface area contributed by atoms with E-state index in [1.54, 1.807) is 12.1 Å². The molecule has 0 spiro atoms. The number of rotatable bonds is 3. The Labute approximate surface area is 197 Å². The third-order valence-corrected chi connectivity index (χ3v) is 5.68. The summed E-state index contributed by atoms with van der Waals surface area (Å²) in [5.41, 5.74) is -0.878. The van der Waals surface area contributed by atoms with Crippen molar-refractivity contribution in [2.24, 2.45) is 0 Å². The fourth-order valence-electron chi connectivity index (χ4n) is 4.02. The molecule has 3 aromatic rings. The third-order valence-electron chi connectivity index (χ3n) is 5.68. The molecule has 0 atom stereocenters. The van der Waals surface area contributed by atoms with Crippen LogP contribution < -0.4 is 4.74 Å². The number of fused-ring (bicyclic) bond motifs is 1. The molecule has 0 bridgehead atoms. The second kappa shape index (κ2) is 9.24. The van der Waals surface area contributed by atoms with Crippen LogP contribution >= 0.6 is 0 Å². The number of nitrogens with zero attached hydrogens (tertiary/aromatic N) is 2. The molecule has 184 valence electrons. The summed E-state index contributed by atoms with van der Waals surface area (Å²) < 4.78 is 85.5. The molecule has 4 nitrogen and oxygen atoms in total. The minimum atomic E-state index is -4.97. The first kappa shape index (κ1) is 24.6. The Morgan fingerprint density at radius 2 is 1.60 bits per heavy atom. The summed E-state index contributed by atoms with van der Waals surface area (Å²) in [4.78, 5) is 19.0. The molecule has 1 aliphatic heterocycles. The molecule has 0 radical (unpaired) electrons. The summed E-state index contributed by atoms with van der Waals surface area (Å²) >= 11 is 0. The molecule has 1 aliphatic rings. The highest BCUT2D eigenvalue weighted by atomic mass is 19.4. The van der Waals surface area contributed by atoms with Crippen molar-refractivity contribution >= 4 is 5.91 Å². The van der Waals surface area contributed by atoms with Crippen LogP contribution in [0.1, 0.15) is 39.0 Å². The Balaban J connectivity index is 1.78. The maximum absolute atomic E-state index is 13.6. The third kappa shape index (κ3) is 5.26. The van der Waals surface area contributed by atoms with Gasteiger partial charge in [-0.05, 0) is 54.3 Å². The van der Waals surface area contributed by atoms with E-state index in [1.807, 2.05) is 25.1 Å². The number of alkyl halides is 6. The fourth-order valence-corrected chi connectivity index (χ4v) is 4.02. The lowest BCUT2D eigenvalue weighted by Gasteiger charge is -2.28. The van der Waals surface area contributed by atoms with Gasteiger partial charge in [0.1, 0.15) is 5.56 Å². The molecule has 0 unspecified atom stereocenters. The number of hydrogen-bond donors (Lipinski definition) is 0. The van der Waals surface area contributed by atoms with Crippen LogP contribution in [-0.2, 0) is 18.9 Å². The van der Waals surface area contributed by atoms with E-state index in [0.717, 1.165) is 11.1 Å². The molecule has 0 saturated heterocycles. The van der Waals surface area contributed by atoms with E-state index in [2.05, 4.69) is 4.98 Å². The van der Waals surface area contributed by atoms with E-state index in [4.69, 9.17) is 4.74 Å². The lowest BCUT2D eigenvalue weighted by molar-refractivity contribution is -0.143. The van der Waals surface area contributed by atoms with Crippen molar-refractivity contribution in [2.75, 3.05) is 13.2 Å². The average Bonchev–Trinajstić information content (AvgIpc) is 2.78. The highest BCUT2D eigenvalue weighted by Crippen LogP contribution is 2.37. The monoisotopic (exact) mass is 494 g/mol. The van der Waals surface area contributed by atoms with Crippen molar-refractivity contribution in [3.63, 3.8) is 0 Å². The van der Waals surface area contributed by atoms with Gasteiger partial charge in [-0.2, -0.15) is 26.3 Å². The van der Waals surface area contributed by atoms with Crippen LogP contribution in [0, 0.1) is 6.92 Å². The smallest absolute Gasteiger partial charge is 0.416 e. The van der Waals surface area contributed by atoms with E-state index in [0.29, 0.717) is 24.1 Å². The van der Waals surface area contributed by atoms with Gasteiger partial charge in [-0.3, -0.25) is 4.79 Å².